The van der Waals surface area contributed by atoms with Crippen LogP contribution in [0.15, 0.2) is 18.2 Å². The highest BCUT2D eigenvalue weighted by atomic mass is 19.3. The number of benzene rings is 1. The number of hydrogen-bond acceptors (Lipinski definition) is 4. The first kappa shape index (κ1) is 15.9. The molecule has 21 heavy (non-hydrogen) atoms. The molecular formula is C14H19F3N2O2. The first-order valence-electron chi connectivity index (χ1n) is 6.86. The fourth-order valence-corrected chi connectivity index (χ4v) is 2.32. The molecule has 0 amide bonds. The predicted molar refractivity (Wildman–Crippen MR) is 73.3 cm³/mol. The summed E-state index contributed by atoms with van der Waals surface area (Å²) >= 11 is 0. The van der Waals surface area contributed by atoms with Gasteiger partial charge in [0, 0.05) is 30.4 Å². The third kappa shape index (κ3) is 5.09. The second-order valence-corrected chi connectivity index (χ2v) is 5.03. The lowest BCUT2D eigenvalue weighted by molar-refractivity contribution is -0.0521. The van der Waals surface area contributed by atoms with Crippen molar-refractivity contribution in [3.63, 3.8) is 0 Å². The summed E-state index contributed by atoms with van der Waals surface area (Å²) < 4.78 is 47.1. The van der Waals surface area contributed by atoms with Gasteiger partial charge in [0.2, 0.25) is 0 Å². The van der Waals surface area contributed by atoms with Gasteiger partial charge in [-0.25, -0.2) is 4.39 Å². The van der Waals surface area contributed by atoms with Gasteiger partial charge in [0.05, 0.1) is 13.2 Å². The van der Waals surface area contributed by atoms with Crippen molar-refractivity contribution in [3.8, 4) is 5.75 Å². The molecule has 2 rings (SSSR count). The van der Waals surface area contributed by atoms with Crippen molar-refractivity contribution in [3.05, 3.63) is 24.0 Å². The van der Waals surface area contributed by atoms with Gasteiger partial charge in [0.1, 0.15) is 0 Å². The van der Waals surface area contributed by atoms with Crippen molar-refractivity contribution < 1.29 is 22.6 Å². The Morgan fingerprint density at radius 3 is 2.90 bits per heavy atom. The van der Waals surface area contributed by atoms with E-state index < -0.39 is 18.2 Å². The zero-order chi connectivity index (χ0) is 15.2. The van der Waals surface area contributed by atoms with E-state index in [9.17, 15) is 13.2 Å². The smallest absolute Gasteiger partial charge is 0.387 e. The van der Waals surface area contributed by atoms with Gasteiger partial charge in [-0.1, -0.05) is 0 Å². The van der Waals surface area contributed by atoms with Crippen LogP contribution in [0.2, 0.25) is 0 Å². The van der Waals surface area contributed by atoms with Gasteiger partial charge in [0.15, 0.2) is 11.6 Å². The number of morpholine rings is 1. The third-order valence-electron chi connectivity index (χ3n) is 3.20. The average Bonchev–Trinajstić information content (AvgIpc) is 2.42. The Kier molecular flexibility index (Phi) is 5.69. The molecule has 2 N–H and O–H groups in total. The number of halogens is 3. The van der Waals surface area contributed by atoms with Crippen LogP contribution in [0.25, 0.3) is 0 Å². The van der Waals surface area contributed by atoms with Gasteiger partial charge >= 0.3 is 6.61 Å². The second kappa shape index (κ2) is 7.51. The standard InChI is InChI=1S/C14H19F3N2O2/c1-9(6-11-8-20-5-4-18-11)19-10-2-3-13(12(15)7-10)21-14(16)17/h2-3,7,9,11,14,18-19H,4-6,8H2,1H3. The number of anilines is 1. The first-order chi connectivity index (χ1) is 10.0. The van der Waals surface area contributed by atoms with Crippen LogP contribution in [0.4, 0.5) is 18.9 Å². The molecule has 0 aliphatic carbocycles. The predicted octanol–water partition coefficient (Wildman–Crippen LogP) is 2.61. The Morgan fingerprint density at radius 2 is 2.29 bits per heavy atom. The van der Waals surface area contributed by atoms with E-state index in [0.717, 1.165) is 25.6 Å². The summed E-state index contributed by atoms with van der Waals surface area (Å²) in [7, 11) is 0. The Labute approximate surface area is 121 Å². The van der Waals surface area contributed by atoms with E-state index in [4.69, 9.17) is 4.74 Å². The van der Waals surface area contributed by atoms with Crippen LogP contribution in [0.3, 0.4) is 0 Å². The quantitative estimate of drug-likeness (QED) is 0.848. The molecule has 4 nitrogen and oxygen atoms in total. The molecule has 1 aromatic carbocycles. The fourth-order valence-electron chi connectivity index (χ4n) is 2.32. The van der Waals surface area contributed by atoms with E-state index >= 15 is 0 Å². The van der Waals surface area contributed by atoms with Crippen LogP contribution in [0.5, 0.6) is 5.75 Å². The Hall–Kier alpha value is -1.47. The zero-order valence-electron chi connectivity index (χ0n) is 11.7. The minimum Gasteiger partial charge on any atom is -0.432 e. The third-order valence-corrected chi connectivity index (χ3v) is 3.20. The highest BCUT2D eigenvalue weighted by Gasteiger charge is 2.17. The van der Waals surface area contributed by atoms with E-state index in [0.29, 0.717) is 12.3 Å². The SMILES string of the molecule is CC(CC1COCCN1)Nc1ccc(OC(F)F)c(F)c1. The van der Waals surface area contributed by atoms with Gasteiger partial charge in [-0.05, 0) is 25.5 Å². The maximum absolute atomic E-state index is 13.6. The highest BCUT2D eigenvalue weighted by Crippen LogP contribution is 2.23. The maximum atomic E-state index is 13.6. The molecule has 0 saturated carbocycles. The molecule has 1 aliphatic rings. The summed E-state index contributed by atoms with van der Waals surface area (Å²) in [6.07, 6.45) is 0.816. The highest BCUT2D eigenvalue weighted by molar-refractivity contribution is 5.47. The molecule has 0 spiro atoms. The Balaban J connectivity index is 1.88. The van der Waals surface area contributed by atoms with Gasteiger partial charge in [-0.3, -0.25) is 0 Å². The molecule has 118 valence electrons. The fraction of sp³-hybridized carbons (Fsp3) is 0.571. The van der Waals surface area contributed by atoms with Crippen LogP contribution >= 0.6 is 0 Å². The van der Waals surface area contributed by atoms with Crippen molar-refractivity contribution in [2.75, 3.05) is 25.1 Å². The molecule has 1 fully saturated rings. The number of rotatable bonds is 6. The van der Waals surface area contributed by atoms with Crippen molar-refractivity contribution in [1.82, 2.24) is 5.32 Å². The van der Waals surface area contributed by atoms with E-state index in [-0.39, 0.29) is 12.1 Å². The maximum Gasteiger partial charge on any atom is 0.387 e. The molecular weight excluding hydrogens is 285 g/mol. The molecule has 1 aromatic rings. The Bertz CT molecular complexity index is 454. The summed E-state index contributed by atoms with van der Waals surface area (Å²) in [5.74, 6) is -1.27. The molecule has 0 bridgehead atoms. The van der Waals surface area contributed by atoms with Crippen molar-refractivity contribution in [2.24, 2.45) is 0 Å². The van der Waals surface area contributed by atoms with E-state index in [1.807, 2.05) is 6.92 Å². The van der Waals surface area contributed by atoms with Gasteiger partial charge in [0.25, 0.3) is 0 Å². The van der Waals surface area contributed by atoms with Crippen molar-refractivity contribution >= 4 is 5.69 Å². The lowest BCUT2D eigenvalue weighted by atomic mass is 10.1. The van der Waals surface area contributed by atoms with Gasteiger partial charge < -0.3 is 20.1 Å². The normalized spacial score (nSPS) is 20.3. The van der Waals surface area contributed by atoms with E-state index in [1.165, 1.54) is 12.1 Å². The molecule has 2 unspecified atom stereocenters. The molecule has 1 heterocycles. The largest absolute Gasteiger partial charge is 0.432 e. The van der Waals surface area contributed by atoms with Crippen LogP contribution in [-0.2, 0) is 4.74 Å². The average molecular weight is 304 g/mol. The molecule has 0 aromatic heterocycles. The summed E-state index contributed by atoms with van der Waals surface area (Å²) in [5, 5.41) is 6.47. The van der Waals surface area contributed by atoms with Crippen LogP contribution in [0, 0.1) is 5.82 Å². The van der Waals surface area contributed by atoms with E-state index in [2.05, 4.69) is 15.4 Å². The van der Waals surface area contributed by atoms with Gasteiger partial charge in [-0.15, -0.1) is 0 Å². The monoisotopic (exact) mass is 304 g/mol. The van der Waals surface area contributed by atoms with Gasteiger partial charge in [-0.2, -0.15) is 8.78 Å². The van der Waals surface area contributed by atoms with Crippen molar-refractivity contribution in [1.29, 1.82) is 0 Å². The molecule has 0 radical (unpaired) electrons. The van der Waals surface area contributed by atoms with Crippen molar-refractivity contribution in [2.45, 2.75) is 32.0 Å². The van der Waals surface area contributed by atoms with E-state index in [1.54, 1.807) is 0 Å². The number of nitrogens with one attached hydrogen (secondary N) is 2. The minimum atomic E-state index is -3.03. The summed E-state index contributed by atoms with van der Waals surface area (Å²) in [6.45, 7) is 1.13. The molecule has 2 atom stereocenters. The zero-order valence-corrected chi connectivity index (χ0v) is 11.7. The summed E-state index contributed by atoms with van der Waals surface area (Å²) in [5.41, 5.74) is 0.526. The molecule has 1 aliphatic heterocycles. The number of ether oxygens (including phenoxy) is 2. The summed E-state index contributed by atoms with van der Waals surface area (Å²) in [6, 6.07) is 4.21. The lowest BCUT2D eigenvalue weighted by Gasteiger charge is -2.27. The number of alkyl halides is 2. The second-order valence-electron chi connectivity index (χ2n) is 5.03. The molecule has 1 saturated heterocycles. The first-order valence-corrected chi connectivity index (χ1v) is 6.86. The van der Waals surface area contributed by atoms with Crippen LogP contribution < -0.4 is 15.4 Å². The topological polar surface area (TPSA) is 42.5 Å². The lowest BCUT2D eigenvalue weighted by Crippen LogP contribution is -2.43. The minimum absolute atomic E-state index is 0.0884. The number of hydrogen-bond donors (Lipinski definition) is 2. The van der Waals surface area contributed by atoms with Crippen LogP contribution in [0.1, 0.15) is 13.3 Å². The summed E-state index contributed by atoms with van der Waals surface area (Å²) in [4.78, 5) is 0. The van der Waals surface area contributed by atoms with Crippen LogP contribution in [-0.4, -0.2) is 38.5 Å². The molecule has 7 heteroatoms. The Morgan fingerprint density at radius 1 is 1.48 bits per heavy atom.